The minimum atomic E-state index is 0.0539. The van der Waals surface area contributed by atoms with Crippen molar-refractivity contribution in [1.82, 2.24) is 15.1 Å². The summed E-state index contributed by atoms with van der Waals surface area (Å²) in [5.74, 6) is 1.83. The minimum Gasteiger partial charge on any atom is -0.484 e. The van der Waals surface area contributed by atoms with E-state index in [2.05, 4.69) is 10.2 Å². The third-order valence-corrected chi connectivity index (χ3v) is 3.94. The van der Waals surface area contributed by atoms with Crippen LogP contribution >= 0.6 is 0 Å². The number of hydrogen-bond donors (Lipinski definition) is 0. The molecule has 0 bridgehead atoms. The van der Waals surface area contributed by atoms with Gasteiger partial charge in [0.1, 0.15) is 5.75 Å². The summed E-state index contributed by atoms with van der Waals surface area (Å²) in [4.78, 5) is 13.9. The quantitative estimate of drug-likeness (QED) is 0.848. The minimum absolute atomic E-state index is 0.0539. The predicted octanol–water partition coefficient (Wildman–Crippen LogP) is 2.69. The lowest BCUT2D eigenvalue weighted by molar-refractivity contribution is -0.134. The molecule has 1 aliphatic heterocycles. The van der Waals surface area contributed by atoms with Crippen LogP contribution in [-0.4, -0.2) is 40.7 Å². The van der Waals surface area contributed by atoms with Crippen LogP contribution in [0.25, 0.3) is 11.5 Å². The fraction of sp³-hybridized carbons (Fsp3) is 0.471. The van der Waals surface area contributed by atoms with Gasteiger partial charge in [0.15, 0.2) is 6.61 Å². The molecule has 1 aliphatic rings. The number of benzene rings is 1. The molecule has 2 heterocycles. The molecule has 0 aliphatic carbocycles. The number of amides is 1. The fourth-order valence-corrected chi connectivity index (χ4v) is 2.59. The van der Waals surface area contributed by atoms with Crippen LogP contribution in [0.15, 0.2) is 28.7 Å². The summed E-state index contributed by atoms with van der Waals surface area (Å²) in [6.45, 7) is 3.74. The molecule has 1 amide bonds. The third-order valence-electron chi connectivity index (χ3n) is 3.94. The van der Waals surface area contributed by atoms with Crippen molar-refractivity contribution >= 4 is 5.91 Å². The molecule has 1 aromatic heterocycles. The zero-order valence-corrected chi connectivity index (χ0v) is 13.3. The topological polar surface area (TPSA) is 68.5 Å². The van der Waals surface area contributed by atoms with Gasteiger partial charge >= 0.3 is 0 Å². The molecule has 1 fully saturated rings. The number of carbonyl (C=O) groups excluding carboxylic acids is 1. The van der Waals surface area contributed by atoms with Crippen molar-refractivity contribution in [2.45, 2.75) is 32.6 Å². The second-order valence-corrected chi connectivity index (χ2v) is 5.61. The number of hydrogen-bond acceptors (Lipinski definition) is 5. The maximum Gasteiger partial charge on any atom is 0.260 e. The lowest BCUT2D eigenvalue weighted by Gasteiger charge is -2.26. The first kappa shape index (κ1) is 15.5. The van der Waals surface area contributed by atoms with Crippen LogP contribution in [0.5, 0.6) is 5.75 Å². The number of likely N-dealkylation sites (tertiary alicyclic amines) is 1. The molecule has 1 aromatic carbocycles. The molecular weight excluding hydrogens is 294 g/mol. The standard InChI is InChI=1S/C17H21N3O3/c1-2-15-18-19-17(23-15)13-6-8-14(9-7-13)22-12-16(21)20-10-4-3-5-11-20/h6-9H,2-5,10-12H2,1H3. The number of aryl methyl sites for hydroxylation is 1. The number of ether oxygens (including phenoxy) is 1. The number of carbonyl (C=O) groups is 1. The Bertz CT molecular complexity index is 645. The molecule has 0 N–H and O–H groups in total. The second-order valence-electron chi connectivity index (χ2n) is 5.61. The number of piperidine rings is 1. The zero-order valence-electron chi connectivity index (χ0n) is 13.3. The largest absolute Gasteiger partial charge is 0.484 e. The van der Waals surface area contributed by atoms with Crippen molar-refractivity contribution in [3.05, 3.63) is 30.2 Å². The lowest BCUT2D eigenvalue weighted by Crippen LogP contribution is -2.38. The Hall–Kier alpha value is -2.37. The molecule has 1 saturated heterocycles. The van der Waals surface area contributed by atoms with E-state index in [0.29, 0.717) is 24.0 Å². The molecule has 2 aromatic rings. The van der Waals surface area contributed by atoms with E-state index >= 15 is 0 Å². The van der Waals surface area contributed by atoms with Crippen LogP contribution < -0.4 is 4.74 Å². The van der Waals surface area contributed by atoms with E-state index in [1.807, 2.05) is 36.1 Å². The Morgan fingerprint density at radius 2 is 1.91 bits per heavy atom. The highest BCUT2D eigenvalue weighted by Crippen LogP contribution is 2.21. The molecule has 23 heavy (non-hydrogen) atoms. The smallest absolute Gasteiger partial charge is 0.260 e. The predicted molar refractivity (Wildman–Crippen MR) is 85.0 cm³/mol. The van der Waals surface area contributed by atoms with Crippen molar-refractivity contribution in [3.63, 3.8) is 0 Å². The monoisotopic (exact) mass is 315 g/mol. The van der Waals surface area contributed by atoms with Gasteiger partial charge in [-0.25, -0.2) is 0 Å². The molecule has 122 valence electrons. The summed E-state index contributed by atoms with van der Waals surface area (Å²) < 4.78 is 11.1. The van der Waals surface area contributed by atoms with Gasteiger partial charge in [-0.1, -0.05) is 6.92 Å². The van der Waals surface area contributed by atoms with Crippen molar-refractivity contribution in [2.75, 3.05) is 19.7 Å². The SMILES string of the molecule is CCc1nnc(-c2ccc(OCC(=O)N3CCCCC3)cc2)o1. The Kier molecular flexibility index (Phi) is 4.90. The van der Waals surface area contributed by atoms with Gasteiger partial charge in [0.2, 0.25) is 11.8 Å². The van der Waals surface area contributed by atoms with E-state index in [0.717, 1.165) is 31.5 Å². The van der Waals surface area contributed by atoms with Crippen LogP contribution in [0.4, 0.5) is 0 Å². The summed E-state index contributed by atoms with van der Waals surface area (Å²) in [5.41, 5.74) is 0.840. The summed E-state index contributed by atoms with van der Waals surface area (Å²) >= 11 is 0. The van der Waals surface area contributed by atoms with Crippen LogP contribution in [0.2, 0.25) is 0 Å². The van der Waals surface area contributed by atoms with E-state index in [9.17, 15) is 4.79 Å². The van der Waals surface area contributed by atoms with E-state index in [-0.39, 0.29) is 12.5 Å². The first-order valence-corrected chi connectivity index (χ1v) is 8.09. The van der Waals surface area contributed by atoms with E-state index < -0.39 is 0 Å². The fourth-order valence-electron chi connectivity index (χ4n) is 2.59. The van der Waals surface area contributed by atoms with Gasteiger partial charge in [-0.3, -0.25) is 4.79 Å². The Labute approximate surface area is 135 Å². The molecule has 0 unspecified atom stereocenters. The van der Waals surface area contributed by atoms with Crippen LogP contribution in [0.1, 0.15) is 32.1 Å². The van der Waals surface area contributed by atoms with Gasteiger partial charge < -0.3 is 14.1 Å². The average Bonchev–Trinajstić information content (AvgIpc) is 3.10. The van der Waals surface area contributed by atoms with Crippen molar-refractivity contribution in [2.24, 2.45) is 0 Å². The highest BCUT2D eigenvalue weighted by molar-refractivity contribution is 5.77. The molecule has 6 nitrogen and oxygen atoms in total. The average molecular weight is 315 g/mol. The van der Waals surface area contributed by atoms with Gasteiger partial charge in [-0.2, -0.15) is 0 Å². The maximum absolute atomic E-state index is 12.1. The Morgan fingerprint density at radius 1 is 1.17 bits per heavy atom. The number of nitrogens with zero attached hydrogens (tertiary/aromatic N) is 3. The van der Waals surface area contributed by atoms with Crippen LogP contribution in [0, 0.1) is 0 Å². The maximum atomic E-state index is 12.1. The second kappa shape index (κ2) is 7.26. The third kappa shape index (κ3) is 3.88. The lowest BCUT2D eigenvalue weighted by atomic mass is 10.1. The molecule has 0 saturated carbocycles. The first-order valence-electron chi connectivity index (χ1n) is 8.09. The summed E-state index contributed by atoms with van der Waals surface area (Å²) in [6.07, 6.45) is 4.10. The van der Waals surface area contributed by atoms with Crippen molar-refractivity contribution < 1.29 is 13.9 Å². The van der Waals surface area contributed by atoms with E-state index in [4.69, 9.17) is 9.15 Å². The van der Waals surface area contributed by atoms with Gasteiger partial charge in [0, 0.05) is 25.1 Å². The number of aromatic nitrogens is 2. The van der Waals surface area contributed by atoms with Crippen molar-refractivity contribution in [1.29, 1.82) is 0 Å². The first-order chi connectivity index (χ1) is 11.3. The highest BCUT2D eigenvalue weighted by atomic mass is 16.5. The summed E-state index contributed by atoms with van der Waals surface area (Å²) in [5, 5.41) is 7.95. The summed E-state index contributed by atoms with van der Waals surface area (Å²) in [7, 11) is 0. The van der Waals surface area contributed by atoms with Gasteiger partial charge in [-0.05, 0) is 43.5 Å². The van der Waals surface area contributed by atoms with Gasteiger partial charge in [-0.15, -0.1) is 10.2 Å². The molecule has 6 heteroatoms. The van der Waals surface area contributed by atoms with Gasteiger partial charge in [0.25, 0.3) is 5.91 Å². The Morgan fingerprint density at radius 3 is 2.57 bits per heavy atom. The summed E-state index contributed by atoms with van der Waals surface area (Å²) in [6, 6.07) is 7.34. The van der Waals surface area contributed by atoms with Crippen LogP contribution in [-0.2, 0) is 11.2 Å². The van der Waals surface area contributed by atoms with Crippen LogP contribution in [0.3, 0.4) is 0 Å². The molecular formula is C17H21N3O3. The van der Waals surface area contributed by atoms with Gasteiger partial charge in [0.05, 0.1) is 0 Å². The Balaban J connectivity index is 1.55. The number of rotatable bonds is 5. The highest BCUT2D eigenvalue weighted by Gasteiger charge is 2.16. The van der Waals surface area contributed by atoms with E-state index in [1.54, 1.807) is 0 Å². The molecule has 3 rings (SSSR count). The molecule has 0 radical (unpaired) electrons. The van der Waals surface area contributed by atoms with E-state index in [1.165, 1.54) is 6.42 Å². The molecule has 0 spiro atoms. The molecule has 0 atom stereocenters. The zero-order chi connectivity index (χ0) is 16.1. The van der Waals surface area contributed by atoms with Crippen molar-refractivity contribution in [3.8, 4) is 17.2 Å². The normalized spacial score (nSPS) is 14.7.